The fourth-order valence-electron chi connectivity index (χ4n) is 2.37. The minimum absolute atomic E-state index is 0.307. The van der Waals surface area contributed by atoms with E-state index in [0.29, 0.717) is 11.1 Å². The topological polar surface area (TPSA) is 57.6 Å². The normalized spacial score (nSPS) is 11.7. The summed E-state index contributed by atoms with van der Waals surface area (Å²) in [6.07, 6.45) is 0.895. The van der Waals surface area contributed by atoms with Crippen LogP contribution in [0.1, 0.15) is 34.5 Å². The molecule has 0 aliphatic carbocycles. The zero-order valence-corrected chi connectivity index (χ0v) is 12.7. The van der Waals surface area contributed by atoms with E-state index in [4.69, 9.17) is 0 Å². The summed E-state index contributed by atoms with van der Waals surface area (Å²) in [6, 6.07) is 15.0. The first-order valence-corrected chi connectivity index (χ1v) is 7.18. The van der Waals surface area contributed by atoms with E-state index in [0.717, 1.165) is 12.0 Å². The number of aliphatic carboxylic acids is 1. The van der Waals surface area contributed by atoms with E-state index in [2.05, 4.69) is 0 Å². The Bertz CT molecular complexity index is 650. The fourth-order valence-corrected chi connectivity index (χ4v) is 2.37. The van der Waals surface area contributed by atoms with Crippen molar-refractivity contribution in [1.29, 1.82) is 0 Å². The molecule has 0 fully saturated rings. The van der Waals surface area contributed by atoms with Crippen molar-refractivity contribution in [3.63, 3.8) is 0 Å². The van der Waals surface area contributed by atoms with Crippen molar-refractivity contribution >= 4 is 11.9 Å². The number of likely N-dealkylation sites (N-methyl/N-ethyl adjacent to an activating group) is 1. The average Bonchev–Trinajstić information content (AvgIpc) is 2.55. The Balaban J connectivity index is 2.28. The van der Waals surface area contributed by atoms with Gasteiger partial charge in [0, 0.05) is 12.6 Å². The van der Waals surface area contributed by atoms with Gasteiger partial charge in [0.25, 0.3) is 5.91 Å². The van der Waals surface area contributed by atoms with Crippen LogP contribution >= 0.6 is 0 Å². The molecule has 0 aliphatic heterocycles. The van der Waals surface area contributed by atoms with Crippen LogP contribution in [0.15, 0.2) is 54.6 Å². The maximum Gasteiger partial charge on any atom is 0.331 e. The van der Waals surface area contributed by atoms with Crippen LogP contribution in [0.25, 0.3) is 0 Å². The number of carboxylic acids is 1. The number of hydrogen-bond donors (Lipinski definition) is 1. The third-order valence-electron chi connectivity index (χ3n) is 3.67. The van der Waals surface area contributed by atoms with Crippen LogP contribution in [-0.4, -0.2) is 28.9 Å². The summed E-state index contributed by atoms with van der Waals surface area (Å²) in [5.41, 5.74) is 2.20. The lowest BCUT2D eigenvalue weighted by molar-refractivity contribution is -0.142. The molecule has 0 aliphatic rings. The number of amides is 1. The lowest BCUT2D eigenvalue weighted by Gasteiger charge is -2.25. The Morgan fingerprint density at radius 3 is 2.14 bits per heavy atom. The van der Waals surface area contributed by atoms with Crippen molar-refractivity contribution in [2.45, 2.75) is 19.4 Å². The number of rotatable bonds is 5. The zero-order chi connectivity index (χ0) is 16.1. The molecule has 1 atom stereocenters. The van der Waals surface area contributed by atoms with E-state index in [9.17, 15) is 14.7 Å². The lowest BCUT2D eigenvalue weighted by Crippen LogP contribution is -2.35. The van der Waals surface area contributed by atoms with Gasteiger partial charge in [-0.2, -0.15) is 0 Å². The van der Waals surface area contributed by atoms with E-state index < -0.39 is 12.0 Å². The summed E-state index contributed by atoms with van der Waals surface area (Å²) in [5, 5.41) is 9.48. The Kier molecular flexibility index (Phi) is 4.94. The van der Waals surface area contributed by atoms with Crippen molar-refractivity contribution in [2.75, 3.05) is 7.05 Å². The molecule has 1 N–H and O–H groups in total. The Labute approximate surface area is 130 Å². The highest BCUT2D eigenvalue weighted by molar-refractivity contribution is 5.96. The monoisotopic (exact) mass is 297 g/mol. The van der Waals surface area contributed by atoms with E-state index in [-0.39, 0.29) is 5.91 Å². The SMILES string of the molecule is CCc1ccc(C(=O)N(C)C(C(=O)O)c2ccccc2)cc1. The molecule has 1 amide bonds. The van der Waals surface area contributed by atoms with Crippen molar-refractivity contribution in [3.05, 3.63) is 71.3 Å². The molecule has 22 heavy (non-hydrogen) atoms. The van der Waals surface area contributed by atoms with Gasteiger partial charge >= 0.3 is 5.97 Å². The van der Waals surface area contributed by atoms with Crippen molar-refractivity contribution < 1.29 is 14.7 Å². The zero-order valence-electron chi connectivity index (χ0n) is 12.7. The van der Waals surface area contributed by atoms with Crippen LogP contribution in [0.3, 0.4) is 0 Å². The third-order valence-corrected chi connectivity index (χ3v) is 3.67. The molecule has 2 rings (SSSR count). The van der Waals surface area contributed by atoms with Crippen LogP contribution in [-0.2, 0) is 11.2 Å². The number of aryl methyl sites for hydroxylation is 1. The van der Waals surface area contributed by atoms with Crippen molar-refractivity contribution in [3.8, 4) is 0 Å². The number of hydrogen-bond acceptors (Lipinski definition) is 2. The Morgan fingerprint density at radius 2 is 1.64 bits per heavy atom. The smallest absolute Gasteiger partial charge is 0.331 e. The third kappa shape index (κ3) is 3.34. The van der Waals surface area contributed by atoms with Crippen LogP contribution in [0.5, 0.6) is 0 Å². The van der Waals surface area contributed by atoms with Gasteiger partial charge in [-0.15, -0.1) is 0 Å². The molecule has 0 bridgehead atoms. The minimum Gasteiger partial charge on any atom is -0.479 e. The standard InChI is InChI=1S/C18H19NO3/c1-3-13-9-11-15(12-10-13)17(20)19(2)16(18(21)22)14-7-5-4-6-8-14/h4-12,16H,3H2,1-2H3,(H,21,22). The molecular weight excluding hydrogens is 278 g/mol. The first-order chi connectivity index (χ1) is 10.5. The largest absolute Gasteiger partial charge is 0.479 e. The number of benzene rings is 2. The first kappa shape index (κ1) is 15.8. The predicted molar refractivity (Wildman–Crippen MR) is 84.7 cm³/mol. The molecule has 4 nitrogen and oxygen atoms in total. The second-order valence-electron chi connectivity index (χ2n) is 5.12. The molecule has 0 heterocycles. The highest BCUT2D eigenvalue weighted by atomic mass is 16.4. The van der Waals surface area contributed by atoms with E-state index >= 15 is 0 Å². The van der Waals surface area contributed by atoms with Crippen molar-refractivity contribution in [2.24, 2.45) is 0 Å². The molecule has 0 aromatic heterocycles. The number of carboxylic acid groups (broad SMARTS) is 1. The predicted octanol–water partition coefficient (Wildman–Crippen LogP) is 3.15. The number of carbonyl (C=O) groups is 2. The van der Waals surface area contributed by atoms with Gasteiger partial charge in [0.05, 0.1) is 0 Å². The molecule has 0 saturated carbocycles. The van der Waals surface area contributed by atoms with Crippen LogP contribution in [0.4, 0.5) is 0 Å². The Morgan fingerprint density at radius 1 is 1.05 bits per heavy atom. The fraction of sp³-hybridized carbons (Fsp3) is 0.222. The van der Waals surface area contributed by atoms with Gasteiger partial charge in [-0.3, -0.25) is 4.79 Å². The molecule has 4 heteroatoms. The highest BCUT2D eigenvalue weighted by Gasteiger charge is 2.28. The number of carbonyl (C=O) groups excluding carboxylic acids is 1. The van der Waals surface area contributed by atoms with Crippen LogP contribution in [0, 0.1) is 0 Å². The molecular formula is C18H19NO3. The summed E-state index contributed by atoms with van der Waals surface area (Å²) >= 11 is 0. The molecule has 114 valence electrons. The molecule has 1 unspecified atom stereocenters. The van der Waals surface area contributed by atoms with Crippen LogP contribution < -0.4 is 0 Å². The van der Waals surface area contributed by atoms with E-state index in [1.807, 2.05) is 25.1 Å². The van der Waals surface area contributed by atoms with Gasteiger partial charge in [-0.1, -0.05) is 49.4 Å². The quantitative estimate of drug-likeness (QED) is 0.922. The number of nitrogens with zero attached hydrogens (tertiary/aromatic N) is 1. The summed E-state index contributed by atoms with van der Waals surface area (Å²) in [6.45, 7) is 2.04. The molecule has 0 radical (unpaired) electrons. The highest BCUT2D eigenvalue weighted by Crippen LogP contribution is 2.21. The van der Waals surface area contributed by atoms with Gasteiger partial charge in [0.15, 0.2) is 6.04 Å². The van der Waals surface area contributed by atoms with Gasteiger partial charge < -0.3 is 10.0 Å². The molecule has 2 aromatic rings. The molecule has 2 aromatic carbocycles. The van der Waals surface area contributed by atoms with E-state index in [1.54, 1.807) is 36.4 Å². The maximum atomic E-state index is 12.5. The Hall–Kier alpha value is -2.62. The summed E-state index contributed by atoms with van der Waals surface area (Å²) in [5.74, 6) is -1.36. The maximum absolute atomic E-state index is 12.5. The van der Waals surface area contributed by atoms with Gasteiger partial charge in [-0.25, -0.2) is 4.79 Å². The summed E-state index contributed by atoms with van der Waals surface area (Å²) in [7, 11) is 1.52. The van der Waals surface area contributed by atoms with Gasteiger partial charge in [0.2, 0.25) is 0 Å². The average molecular weight is 297 g/mol. The molecule has 0 spiro atoms. The second-order valence-corrected chi connectivity index (χ2v) is 5.12. The summed E-state index contributed by atoms with van der Waals surface area (Å²) in [4.78, 5) is 25.4. The van der Waals surface area contributed by atoms with Crippen molar-refractivity contribution in [1.82, 2.24) is 4.90 Å². The van der Waals surface area contributed by atoms with Crippen LogP contribution in [0.2, 0.25) is 0 Å². The van der Waals surface area contributed by atoms with E-state index in [1.165, 1.54) is 11.9 Å². The summed E-state index contributed by atoms with van der Waals surface area (Å²) < 4.78 is 0. The first-order valence-electron chi connectivity index (χ1n) is 7.18. The second kappa shape index (κ2) is 6.89. The molecule has 0 saturated heterocycles. The minimum atomic E-state index is -1.05. The lowest BCUT2D eigenvalue weighted by atomic mass is 10.0. The van der Waals surface area contributed by atoms with Gasteiger partial charge in [0.1, 0.15) is 0 Å². The van der Waals surface area contributed by atoms with Gasteiger partial charge in [-0.05, 0) is 29.7 Å².